The molecule has 1 atom stereocenters. The number of nitrogens with one attached hydrogen (secondary N) is 1. The number of hydrogen-bond donors (Lipinski definition) is 1. The molecule has 0 aromatic carbocycles. The molecule has 1 aliphatic heterocycles. The number of aromatic nitrogens is 2. The average Bonchev–Trinajstić information content (AvgIpc) is 3.25. The third-order valence-electron chi connectivity index (χ3n) is 4.36. The van der Waals surface area contributed by atoms with Crippen molar-refractivity contribution in [1.82, 2.24) is 20.2 Å². The van der Waals surface area contributed by atoms with E-state index >= 15 is 0 Å². The van der Waals surface area contributed by atoms with Gasteiger partial charge in [0.25, 0.3) is 0 Å². The number of thiazole rings is 2. The zero-order valence-electron chi connectivity index (χ0n) is 14.5. The highest BCUT2D eigenvalue weighted by molar-refractivity contribution is 7.10. The smallest absolute Gasteiger partial charge is 0.107 e. The maximum Gasteiger partial charge on any atom is 0.107 e. The molecule has 2 aromatic heterocycles. The molecule has 1 fully saturated rings. The molecule has 24 heavy (non-hydrogen) atoms. The summed E-state index contributed by atoms with van der Waals surface area (Å²) >= 11 is 3.59. The van der Waals surface area contributed by atoms with Gasteiger partial charge in [0, 0.05) is 23.3 Å². The maximum atomic E-state index is 4.82. The van der Waals surface area contributed by atoms with Gasteiger partial charge in [0.05, 0.1) is 23.4 Å². The van der Waals surface area contributed by atoms with Crippen LogP contribution in [0.5, 0.6) is 0 Å². The Bertz CT molecular complexity index is 607. The predicted molar refractivity (Wildman–Crippen MR) is 105 cm³/mol. The minimum absolute atomic E-state index is 0. The van der Waals surface area contributed by atoms with Crippen LogP contribution in [-0.2, 0) is 19.5 Å². The van der Waals surface area contributed by atoms with Crippen molar-refractivity contribution in [1.29, 1.82) is 0 Å². The van der Waals surface area contributed by atoms with Crippen LogP contribution in [0.2, 0.25) is 0 Å². The van der Waals surface area contributed by atoms with Gasteiger partial charge in [0.1, 0.15) is 5.01 Å². The van der Waals surface area contributed by atoms with Gasteiger partial charge in [-0.05, 0) is 38.8 Å². The number of aryl methyl sites for hydroxylation is 2. The molecule has 1 aliphatic rings. The zero-order valence-corrected chi connectivity index (χ0v) is 16.9. The number of halogens is 1. The van der Waals surface area contributed by atoms with E-state index in [9.17, 15) is 0 Å². The zero-order chi connectivity index (χ0) is 16.1. The minimum Gasteiger partial charge on any atom is -0.316 e. The molecule has 3 rings (SSSR count). The van der Waals surface area contributed by atoms with Crippen molar-refractivity contribution in [3.8, 4) is 0 Å². The van der Waals surface area contributed by atoms with Crippen molar-refractivity contribution in [2.24, 2.45) is 5.92 Å². The fraction of sp³-hybridized carbons (Fsp3) is 0.647. The average molecular weight is 387 g/mol. The van der Waals surface area contributed by atoms with E-state index in [2.05, 4.69) is 34.4 Å². The summed E-state index contributed by atoms with van der Waals surface area (Å²) in [5.41, 5.74) is 4.39. The van der Waals surface area contributed by atoms with Gasteiger partial charge < -0.3 is 5.32 Å². The van der Waals surface area contributed by atoms with Crippen molar-refractivity contribution in [2.45, 2.75) is 46.2 Å². The number of nitrogens with zero attached hydrogens (tertiary/aromatic N) is 3. The third-order valence-corrected chi connectivity index (χ3v) is 6.16. The van der Waals surface area contributed by atoms with E-state index in [1.807, 2.05) is 16.8 Å². The molecule has 0 saturated carbocycles. The largest absolute Gasteiger partial charge is 0.316 e. The van der Waals surface area contributed by atoms with Crippen LogP contribution in [0.15, 0.2) is 10.9 Å². The van der Waals surface area contributed by atoms with E-state index in [4.69, 9.17) is 4.98 Å². The molecule has 3 heterocycles. The molecule has 0 amide bonds. The lowest BCUT2D eigenvalue weighted by molar-refractivity contribution is 0.221. The van der Waals surface area contributed by atoms with Gasteiger partial charge in [-0.25, -0.2) is 9.97 Å². The summed E-state index contributed by atoms with van der Waals surface area (Å²) in [7, 11) is 0. The van der Waals surface area contributed by atoms with Crippen LogP contribution in [-0.4, -0.2) is 34.5 Å². The van der Waals surface area contributed by atoms with Crippen molar-refractivity contribution in [3.63, 3.8) is 0 Å². The van der Waals surface area contributed by atoms with Gasteiger partial charge in [0.15, 0.2) is 0 Å². The third kappa shape index (κ3) is 5.49. The summed E-state index contributed by atoms with van der Waals surface area (Å²) < 4.78 is 0. The molecular weight excluding hydrogens is 360 g/mol. The number of rotatable bonds is 8. The van der Waals surface area contributed by atoms with E-state index in [1.54, 1.807) is 11.3 Å². The predicted octanol–water partition coefficient (Wildman–Crippen LogP) is 3.89. The summed E-state index contributed by atoms with van der Waals surface area (Å²) in [5.74, 6) is 0.762. The topological polar surface area (TPSA) is 41.1 Å². The molecule has 0 spiro atoms. The summed E-state index contributed by atoms with van der Waals surface area (Å²) in [6.45, 7) is 9.74. The SMILES string of the molecule is CCCc1csc(CN(Cc2scnc2C)CC2CCNC2)n1.Cl. The van der Waals surface area contributed by atoms with Crippen LogP contribution in [0, 0.1) is 12.8 Å². The first-order chi connectivity index (χ1) is 11.2. The fourth-order valence-electron chi connectivity index (χ4n) is 3.09. The van der Waals surface area contributed by atoms with Crippen molar-refractivity contribution in [2.75, 3.05) is 19.6 Å². The highest BCUT2D eigenvalue weighted by atomic mass is 35.5. The molecule has 2 aromatic rings. The Morgan fingerprint density at radius 1 is 1.33 bits per heavy atom. The Balaban J connectivity index is 0.00000208. The minimum atomic E-state index is 0. The Labute approximate surface area is 159 Å². The van der Waals surface area contributed by atoms with Crippen molar-refractivity contribution >= 4 is 35.1 Å². The van der Waals surface area contributed by atoms with Crippen LogP contribution in [0.25, 0.3) is 0 Å². The molecule has 0 bridgehead atoms. The fourth-order valence-corrected chi connectivity index (χ4v) is 4.77. The van der Waals surface area contributed by atoms with Crippen LogP contribution in [0.3, 0.4) is 0 Å². The summed E-state index contributed by atoms with van der Waals surface area (Å²) in [4.78, 5) is 13.2. The molecule has 4 nitrogen and oxygen atoms in total. The first-order valence-corrected chi connectivity index (χ1v) is 10.3. The van der Waals surface area contributed by atoms with Crippen LogP contribution in [0.4, 0.5) is 0 Å². The second-order valence-corrected chi connectivity index (χ2v) is 8.25. The van der Waals surface area contributed by atoms with Crippen molar-refractivity contribution in [3.05, 3.63) is 32.2 Å². The molecule has 7 heteroatoms. The van der Waals surface area contributed by atoms with Crippen molar-refractivity contribution < 1.29 is 0 Å². The van der Waals surface area contributed by atoms with E-state index < -0.39 is 0 Å². The first kappa shape index (κ1) is 19.8. The summed E-state index contributed by atoms with van der Waals surface area (Å²) in [6, 6.07) is 0. The van der Waals surface area contributed by atoms with Gasteiger partial charge >= 0.3 is 0 Å². The normalized spacial score (nSPS) is 17.4. The summed E-state index contributed by atoms with van der Waals surface area (Å²) in [5, 5.41) is 6.96. The quantitative estimate of drug-likeness (QED) is 0.747. The summed E-state index contributed by atoms with van der Waals surface area (Å²) in [6.07, 6.45) is 3.55. The number of hydrogen-bond acceptors (Lipinski definition) is 6. The Hall–Kier alpha value is -0.530. The maximum absolute atomic E-state index is 4.82. The van der Waals surface area contributed by atoms with Crippen LogP contribution < -0.4 is 5.32 Å². The molecule has 134 valence electrons. The van der Waals surface area contributed by atoms with Crippen LogP contribution >= 0.6 is 35.1 Å². The monoisotopic (exact) mass is 386 g/mol. The van der Waals surface area contributed by atoms with Gasteiger partial charge in [-0.15, -0.1) is 35.1 Å². The van der Waals surface area contributed by atoms with Gasteiger partial charge in [-0.3, -0.25) is 4.90 Å². The highest BCUT2D eigenvalue weighted by Crippen LogP contribution is 2.21. The Morgan fingerprint density at radius 2 is 2.21 bits per heavy atom. The molecule has 1 saturated heterocycles. The standard InChI is InChI=1S/C17H26N4S2.ClH/c1-3-4-15-11-22-17(20-15)10-21(8-14-5-6-18-7-14)9-16-13(2)19-12-23-16;/h11-12,14,18H,3-10H2,1-2H3;1H. The molecular formula is C17H27ClN4S2. The molecule has 0 radical (unpaired) electrons. The lowest BCUT2D eigenvalue weighted by atomic mass is 10.1. The van der Waals surface area contributed by atoms with Gasteiger partial charge in [0.2, 0.25) is 0 Å². The van der Waals surface area contributed by atoms with Crippen LogP contribution in [0.1, 0.15) is 41.0 Å². The first-order valence-electron chi connectivity index (χ1n) is 8.50. The van der Waals surface area contributed by atoms with E-state index in [0.29, 0.717) is 0 Å². The second-order valence-electron chi connectivity index (χ2n) is 6.37. The van der Waals surface area contributed by atoms with Gasteiger partial charge in [-0.2, -0.15) is 0 Å². The molecule has 1 unspecified atom stereocenters. The van der Waals surface area contributed by atoms with Gasteiger partial charge in [-0.1, -0.05) is 13.3 Å². The Kier molecular flexibility index (Phi) is 8.10. The van der Waals surface area contributed by atoms with E-state index in [0.717, 1.165) is 45.1 Å². The lowest BCUT2D eigenvalue weighted by Gasteiger charge is -2.24. The highest BCUT2D eigenvalue weighted by Gasteiger charge is 2.20. The molecule has 0 aliphatic carbocycles. The van der Waals surface area contributed by atoms with E-state index in [-0.39, 0.29) is 12.4 Å². The molecule has 1 N–H and O–H groups in total. The van der Waals surface area contributed by atoms with E-state index in [1.165, 1.54) is 34.1 Å². The Morgan fingerprint density at radius 3 is 2.88 bits per heavy atom. The second kappa shape index (κ2) is 9.82. The lowest BCUT2D eigenvalue weighted by Crippen LogP contribution is -2.30.